The Morgan fingerprint density at radius 3 is 2.49 bits per heavy atom. The Morgan fingerprint density at radius 1 is 1.22 bits per heavy atom. The van der Waals surface area contributed by atoms with Gasteiger partial charge in [-0.3, -0.25) is 4.79 Å². The second kappa shape index (κ2) is 15.9. The number of anilines is 1. The predicted molar refractivity (Wildman–Crippen MR) is 156 cm³/mol. The van der Waals surface area contributed by atoms with Gasteiger partial charge >= 0.3 is 0 Å². The van der Waals surface area contributed by atoms with Crippen molar-refractivity contribution < 1.29 is 9.59 Å². The molecule has 0 unspecified atom stereocenters. The first-order chi connectivity index (χ1) is 17.5. The highest BCUT2D eigenvalue weighted by atomic mass is 35.5. The zero-order chi connectivity index (χ0) is 28.0. The highest BCUT2D eigenvalue weighted by Gasteiger charge is 2.23. The molecule has 2 aliphatic rings. The van der Waals surface area contributed by atoms with Gasteiger partial charge in [0.25, 0.3) is 0 Å². The summed E-state index contributed by atoms with van der Waals surface area (Å²) in [6, 6.07) is 2.12. The number of aromatic nitrogens is 2. The Kier molecular flexibility index (Phi) is 13.8. The average Bonchev–Trinajstić information content (AvgIpc) is 3.18. The van der Waals surface area contributed by atoms with Crippen LogP contribution < -0.4 is 16.0 Å². The van der Waals surface area contributed by atoms with Crippen molar-refractivity contribution in [3.8, 4) is 0 Å². The SMILES string of the molecule is C/C(=C/Cl)NCCNc1cc(C(C)(C)C)nn1C1=CC=C2NC(=O)CCC2=CC1.C=C/C=C(\C)Cl.C=O. The van der Waals surface area contributed by atoms with E-state index in [1.165, 1.54) is 11.1 Å². The molecule has 0 bridgehead atoms. The number of allylic oxidation sites excluding steroid dienone is 9. The van der Waals surface area contributed by atoms with Crippen molar-refractivity contribution in [2.24, 2.45) is 0 Å². The van der Waals surface area contributed by atoms with Crippen molar-refractivity contribution >= 4 is 47.4 Å². The molecule has 0 aromatic carbocycles. The molecule has 3 rings (SSSR count). The predicted octanol–water partition coefficient (Wildman–Crippen LogP) is 6.38. The number of halogens is 2. The van der Waals surface area contributed by atoms with Gasteiger partial charge in [0.05, 0.1) is 5.69 Å². The lowest BCUT2D eigenvalue weighted by atomic mass is 9.92. The van der Waals surface area contributed by atoms with Gasteiger partial charge in [0.1, 0.15) is 12.6 Å². The zero-order valence-electron chi connectivity index (χ0n) is 22.5. The van der Waals surface area contributed by atoms with Gasteiger partial charge in [0.2, 0.25) is 5.91 Å². The van der Waals surface area contributed by atoms with Crippen LogP contribution in [0.25, 0.3) is 5.70 Å². The third-order valence-electron chi connectivity index (χ3n) is 5.34. The summed E-state index contributed by atoms with van der Waals surface area (Å²) in [6.07, 6.45) is 11.7. The van der Waals surface area contributed by atoms with Crippen molar-refractivity contribution in [3.05, 3.63) is 76.3 Å². The molecule has 1 aromatic heterocycles. The van der Waals surface area contributed by atoms with Crippen LogP contribution in [0, 0.1) is 0 Å². The molecule has 0 spiro atoms. The third kappa shape index (κ3) is 10.9. The zero-order valence-corrected chi connectivity index (χ0v) is 24.0. The number of piperidine rings is 1. The maximum Gasteiger partial charge on any atom is 0.224 e. The largest absolute Gasteiger partial charge is 0.386 e. The van der Waals surface area contributed by atoms with E-state index >= 15 is 0 Å². The monoisotopic (exact) mass is 547 g/mol. The van der Waals surface area contributed by atoms with Gasteiger partial charge in [-0.25, -0.2) is 4.68 Å². The molecule has 0 saturated carbocycles. The van der Waals surface area contributed by atoms with Crippen molar-refractivity contribution in [1.82, 2.24) is 20.4 Å². The lowest BCUT2D eigenvalue weighted by Gasteiger charge is -2.18. The van der Waals surface area contributed by atoms with E-state index in [-0.39, 0.29) is 11.3 Å². The summed E-state index contributed by atoms with van der Waals surface area (Å²) in [5.41, 5.74) is 6.62. The van der Waals surface area contributed by atoms with Crippen molar-refractivity contribution in [3.63, 3.8) is 0 Å². The topological polar surface area (TPSA) is 88.1 Å². The number of amides is 1. The quantitative estimate of drug-likeness (QED) is 0.272. The first kappa shape index (κ1) is 32.0. The summed E-state index contributed by atoms with van der Waals surface area (Å²) >= 11 is 11.1. The number of nitrogens with zero attached hydrogens (tertiary/aromatic N) is 2. The van der Waals surface area contributed by atoms with Gasteiger partial charge in [-0.2, -0.15) is 5.10 Å². The molecule has 0 atom stereocenters. The number of carbonyl (C=O) groups is 2. The number of rotatable bonds is 7. The number of carbonyl (C=O) groups excluding carboxylic acids is 2. The van der Waals surface area contributed by atoms with Crippen LogP contribution >= 0.6 is 23.2 Å². The van der Waals surface area contributed by atoms with Gasteiger partial charge in [0, 0.05) is 65.1 Å². The number of hydrogen-bond donors (Lipinski definition) is 3. The summed E-state index contributed by atoms with van der Waals surface area (Å²) in [4.78, 5) is 19.7. The van der Waals surface area contributed by atoms with Crippen LogP contribution in [-0.2, 0) is 15.0 Å². The lowest BCUT2D eigenvalue weighted by Crippen LogP contribution is -2.28. The Bertz CT molecular complexity index is 1080. The van der Waals surface area contributed by atoms with E-state index < -0.39 is 0 Å². The summed E-state index contributed by atoms with van der Waals surface area (Å²) in [6.45, 7) is 17.2. The first-order valence-electron chi connectivity index (χ1n) is 12.0. The van der Waals surface area contributed by atoms with E-state index in [0.717, 1.165) is 59.6 Å². The van der Waals surface area contributed by atoms with Gasteiger partial charge in [-0.05, 0) is 44.1 Å². The van der Waals surface area contributed by atoms with E-state index in [2.05, 4.69) is 55.4 Å². The van der Waals surface area contributed by atoms with Crippen LogP contribution in [0.15, 0.2) is 70.6 Å². The Hall–Kier alpha value is -3.03. The molecule has 2 heterocycles. The van der Waals surface area contributed by atoms with Crippen molar-refractivity contribution in [2.45, 2.75) is 59.3 Å². The summed E-state index contributed by atoms with van der Waals surface area (Å²) < 4.78 is 1.98. The standard InChI is InChI=1S/C22H30ClN5O.C5H7Cl.CH2O/c1-15(14-23)24-11-12-25-20-13-19(22(2,3)4)27-28(20)17-7-5-16-6-10-21(29)26-18(16)9-8-17;1-3-4-5(2)6;1-2/h5,8-9,13-14,24-25H,6-7,10-12H2,1-4H3,(H,26,29);3-4H,1H2,2H3;1H2/b15-14-;5-4+;. The molecule has 37 heavy (non-hydrogen) atoms. The normalized spacial score (nSPS) is 15.6. The number of fused-ring (bicyclic) bond motifs is 1. The Balaban J connectivity index is 0.000000752. The van der Waals surface area contributed by atoms with Gasteiger partial charge in [-0.15, -0.1) is 0 Å². The van der Waals surface area contributed by atoms with E-state index in [0.29, 0.717) is 6.42 Å². The second-order valence-corrected chi connectivity index (χ2v) is 10.2. The maximum atomic E-state index is 11.7. The molecule has 1 aliphatic heterocycles. The summed E-state index contributed by atoms with van der Waals surface area (Å²) in [5, 5.41) is 15.4. The fourth-order valence-corrected chi connectivity index (χ4v) is 3.58. The highest BCUT2D eigenvalue weighted by molar-refractivity contribution is 6.29. The van der Waals surface area contributed by atoms with Crippen LogP contribution in [0.5, 0.6) is 0 Å². The third-order valence-corrected chi connectivity index (χ3v) is 5.79. The lowest BCUT2D eigenvalue weighted by molar-refractivity contribution is -0.120. The van der Waals surface area contributed by atoms with Crippen molar-refractivity contribution in [2.75, 3.05) is 18.4 Å². The van der Waals surface area contributed by atoms with Gasteiger partial charge < -0.3 is 20.7 Å². The fourth-order valence-electron chi connectivity index (χ4n) is 3.41. The molecule has 202 valence electrons. The van der Waals surface area contributed by atoms with E-state index in [1.54, 1.807) is 12.2 Å². The van der Waals surface area contributed by atoms with Crippen LogP contribution in [0.1, 0.15) is 59.6 Å². The Morgan fingerprint density at radius 2 is 1.92 bits per heavy atom. The van der Waals surface area contributed by atoms with Gasteiger partial charge in [-0.1, -0.05) is 62.7 Å². The number of nitrogens with one attached hydrogen (secondary N) is 3. The average molecular weight is 549 g/mol. The minimum absolute atomic E-state index is 0.0535. The minimum Gasteiger partial charge on any atom is -0.386 e. The van der Waals surface area contributed by atoms with Gasteiger partial charge in [0.15, 0.2) is 0 Å². The van der Waals surface area contributed by atoms with E-state index in [1.807, 2.05) is 37.5 Å². The van der Waals surface area contributed by atoms with E-state index in [9.17, 15) is 4.79 Å². The molecule has 1 amide bonds. The second-order valence-electron chi connectivity index (χ2n) is 9.43. The molecule has 1 aliphatic carbocycles. The molecule has 1 fully saturated rings. The Labute approximate surface area is 231 Å². The molecular weight excluding hydrogens is 509 g/mol. The van der Waals surface area contributed by atoms with Crippen molar-refractivity contribution in [1.29, 1.82) is 0 Å². The molecule has 7 nitrogen and oxygen atoms in total. The molecule has 3 N–H and O–H groups in total. The molecular formula is C28H39Cl2N5O2. The summed E-state index contributed by atoms with van der Waals surface area (Å²) in [7, 11) is 0. The van der Waals surface area contributed by atoms with Crippen LogP contribution in [0.3, 0.4) is 0 Å². The molecule has 9 heteroatoms. The minimum atomic E-state index is -0.0535. The number of hydrogen-bond acceptors (Lipinski definition) is 5. The fraction of sp³-hybridized carbons (Fsp3) is 0.393. The smallest absolute Gasteiger partial charge is 0.224 e. The van der Waals surface area contributed by atoms with Crippen LogP contribution in [0.2, 0.25) is 0 Å². The summed E-state index contributed by atoms with van der Waals surface area (Å²) in [5.74, 6) is 1.04. The maximum absolute atomic E-state index is 11.7. The van der Waals surface area contributed by atoms with E-state index in [4.69, 9.17) is 33.1 Å². The van der Waals surface area contributed by atoms with Crippen LogP contribution in [0.4, 0.5) is 5.82 Å². The first-order valence-corrected chi connectivity index (χ1v) is 12.9. The molecule has 1 saturated heterocycles. The van der Waals surface area contributed by atoms with Crippen LogP contribution in [-0.4, -0.2) is 35.6 Å². The molecule has 0 radical (unpaired) electrons. The highest BCUT2D eigenvalue weighted by Crippen LogP contribution is 2.30. The molecule has 1 aromatic rings.